The highest BCUT2D eigenvalue weighted by Crippen LogP contribution is 2.68. The number of hydrogen-bond donors (Lipinski definition) is 2. The van der Waals surface area contributed by atoms with Gasteiger partial charge in [-0.3, -0.25) is 0 Å². The molecule has 9 atom stereocenters. The normalized spacial score (nSPS) is 35.5. The number of fused-ring (bicyclic) bond motifs is 5. The SMILES string of the molecule is CC(C)CCCC(C)C1CCC2C3CCC4CC(OC(=O)/C=C\C(=O)OCc5ccc(N)cc5N)CCC4(C)C3CCC12C. The summed E-state index contributed by atoms with van der Waals surface area (Å²) in [5.74, 6) is 4.62. The first kappa shape index (κ1) is 32.9. The number of nitrogens with two attached hydrogens (primary N) is 2. The van der Waals surface area contributed by atoms with E-state index in [0.29, 0.717) is 33.7 Å². The van der Waals surface area contributed by atoms with E-state index >= 15 is 0 Å². The lowest BCUT2D eigenvalue weighted by Gasteiger charge is -2.61. The Hall–Kier alpha value is -2.50. The van der Waals surface area contributed by atoms with Crippen LogP contribution in [-0.4, -0.2) is 18.0 Å². The summed E-state index contributed by atoms with van der Waals surface area (Å²) in [7, 11) is 0. The summed E-state index contributed by atoms with van der Waals surface area (Å²) in [6, 6.07) is 5.07. The van der Waals surface area contributed by atoms with Crippen molar-refractivity contribution in [2.45, 2.75) is 124 Å². The van der Waals surface area contributed by atoms with Gasteiger partial charge in [0.05, 0.1) is 0 Å². The highest BCUT2D eigenvalue weighted by atomic mass is 16.5. The Bertz CT molecular complexity index is 1210. The van der Waals surface area contributed by atoms with Gasteiger partial charge in [-0.15, -0.1) is 0 Å². The molecule has 4 fully saturated rings. The van der Waals surface area contributed by atoms with Crippen LogP contribution in [0.25, 0.3) is 0 Å². The zero-order chi connectivity index (χ0) is 31.6. The number of rotatable bonds is 10. The molecule has 0 saturated heterocycles. The molecule has 4 aliphatic carbocycles. The molecule has 44 heavy (non-hydrogen) atoms. The van der Waals surface area contributed by atoms with E-state index in [0.717, 1.165) is 60.8 Å². The molecule has 0 heterocycles. The Morgan fingerprint density at radius 3 is 2.39 bits per heavy atom. The Morgan fingerprint density at radius 2 is 1.64 bits per heavy atom. The smallest absolute Gasteiger partial charge is 0.331 e. The number of benzene rings is 1. The van der Waals surface area contributed by atoms with E-state index in [1.807, 2.05) is 0 Å². The summed E-state index contributed by atoms with van der Waals surface area (Å²) in [5, 5.41) is 0. The van der Waals surface area contributed by atoms with Crippen molar-refractivity contribution in [3.8, 4) is 0 Å². The monoisotopic (exact) mass is 606 g/mol. The largest absolute Gasteiger partial charge is 0.459 e. The average molecular weight is 607 g/mol. The highest BCUT2D eigenvalue weighted by Gasteiger charge is 2.60. The molecule has 6 nitrogen and oxygen atoms in total. The molecule has 244 valence electrons. The zero-order valence-corrected chi connectivity index (χ0v) is 28.0. The third-order valence-corrected chi connectivity index (χ3v) is 13.0. The van der Waals surface area contributed by atoms with Gasteiger partial charge in [-0.1, -0.05) is 59.9 Å². The number of ether oxygens (including phenoxy) is 2. The van der Waals surface area contributed by atoms with Gasteiger partial charge in [-0.05, 0) is 122 Å². The Balaban J connectivity index is 1.12. The zero-order valence-electron chi connectivity index (χ0n) is 28.0. The molecule has 1 aromatic carbocycles. The van der Waals surface area contributed by atoms with Gasteiger partial charge in [-0.2, -0.15) is 0 Å². The van der Waals surface area contributed by atoms with E-state index in [1.54, 1.807) is 18.2 Å². The van der Waals surface area contributed by atoms with Crippen molar-refractivity contribution >= 4 is 23.3 Å². The first-order valence-electron chi connectivity index (χ1n) is 17.6. The molecule has 0 aliphatic heterocycles. The fourth-order valence-electron chi connectivity index (χ4n) is 10.6. The van der Waals surface area contributed by atoms with Crippen LogP contribution in [0, 0.1) is 52.3 Å². The number of carbonyl (C=O) groups excluding carboxylic acids is 2. The molecule has 0 bridgehead atoms. The fraction of sp³-hybridized carbons (Fsp3) is 0.737. The maximum absolute atomic E-state index is 12.6. The number of anilines is 2. The Kier molecular flexibility index (Phi) is 10.1. The van der Waals surface area contributed by atoms with E-state index in [2.05, 4.69) is 34.6 Å². The summed E-state index contributed by atoms with van der Waals surface area (Å²) in [6.45, 7) is 12.5. The van der Waals surface area contributed by atoms with Gasteiger partial charge in [0.15, 0.2) is 0 Å². The number of carbonyl (C=O) groups is 2. The molecule has 0 aromatic heterocycles. The van der Waals surface area contributed by atoms with Crippen LogP contribution in [0.2, 0.25) is 0 Å². The second-order valence-corrected chi connectivity index (χ2v) is 15.9. The van der Waals surface area contributed by atoms with Crippen molar-refractivity contribution in [2.24, 2.45) is 52.3 Å². The van der Waals surface area contributed by atoms with Crippen molar-refractivity contribution < 1.29 is 19.1 Å². The predicted molar refractivity (Wildman–Crippen MR) is 177 cm³/mol. The van der Waals surface area contributed by atoms with E-state index in [1.165, 1.54) is 63.9 Å². The van der Waals surface area contributed by atoms with Crippen LogP contribution in [0.1, 0.15) is 117 Å². The summed E-state index contributed by atoms with van der Waals surface area (Å²) < 4.78 is 11.1. The van der Waals surface area contributed by atoms with Crippen molar-refractivity contribution in [2.75, 3.05) is 11.5 Å². The molecule has 9 unspecified atom stereocenters. The van der Waals surface area contributed by atoms with Gasteiger partial charge in [0.1, 0.15) is 12.7 Å². The minimum atomic E-state index is -0.601. The second kappa shape index (κ2) is 13.5. The van der Waals surface area contributed by atoms with E-state index < -0.39 is 11.9 Å². The lowest BCUT2D eigenvalue weighted by molar-refractivity contribution is -0.158. The van der Waals surface area contributed by atoms with E-state index in [4.69, 9.17) is 20.9 Å². The van der Waals surface area contributed by atoms with Crippen LogP contribution in [0.5, 0.6) is 0 Å². The maximum atomic E-state index is 12.6. The average Bonchev–Trinajstić information content (AvgIpc) is 3.33. The highest BCUT2D eigenvalue weighted by molar-refractivity contribution is 5.91. The second-order valence-electron chi connectivity index (χ2n) is 15.9. The summed E-state index contributed by atoms with van der Waals surface area (Å²) in [4.78, 5) is 24.8. The van der Waals surface area contributed by atoms with Crippen LogP contribution in [0.3, 0.4) is 0 Å². The molecule has 0 radical (unpaired) electrons. The van der Waals surface area contributed by atoms with Gasteiger partial charge in [0, 0.05) is 29.1 Å². The summed E-state index contributed by atoms with van der Waals surface area (Å²) in [5.41, 5.74) is 14.2. The molecule has 4 N–H and O–H groups in total. The molecule has 1 aromatic rings. The standard InChI is InChI=1S/C38H58N2O4/c1-24(2)7-6-8-25(3)31-13-14-32-30-12-10-27-21-29(17-19-37(27,4)33(30)18-20-38(31,32)5)44-36(42)16-15-35(41)43-23-26-9-11-28(39)22-34(26)40/h9,11,15-16,22,24-25,27,29-33H,6-8,10,12-14,17-21,23,39-40H2,1-5H3/b16-15-. The molecule has 5 rings (SSSR count). The number of nitrogen functional groups attached to an aromatic ring is 2. The molecular weight excluding hydrogens is 548 g/mol. The fourth-order valence-corrected chi connectivity index (χ4v) is 10.6. The lowest BCUT2D eigenvalue weighted by Crippen LogP contribution is -2.54. The van der Waals surface area contributed by atoms with Crippen LogP contribution in [0.4, 0.5) is 11.4 Å². The lowest BCUT2D eigenvalue weighted by atomic mass is 9.44. The number of esters is 2. The Labute approximate surface area is 266 Å². The predicted octanol–water partition coefficient (Wildman–Crippen LogP) is 8.48. The maximum Gasteiger partial charge on any atom is 0.331 e. The Morgan fingerprint density at radius 1 is 0.909 bits per heavy atom. The summed E-state index contributed by atoms with van der Waals surface area (Å²) in [6.07, 6.45) is 17.6. The van der Waals surface area contributed by atoms with Gasteiger partial charge in [0.25, 0.3) is 0 Å². The summed E-state index contributed by atoms with van der Waals surface area (Å²) >= 11 is 0. The molecular formula is C38H58N2O4. The first-order valence-corrected chi connectivity index (χ1v) is 17.6. The van der Waals surface area contributed by atoms with Crippen LogP contribution < -0.4 is 11.5 Å². The van der Waals surface area contributed by atoms with Gasteiger partial charge >= 0.3 is 11.9 Å². The van der Waals surface area contributed by atoms with Crippen LogP contribution in [-0.2, 0) is 25.7 Å². The van der Waals surface area contributed by atoms with Crippen molar-refractivity contribution in [1.82, 2.24) is 0 Å². The van der Waals surface area contributed by atoms with Crippen LogP contribution in [0.15, 0.2) is 30.4 Å². The van der Waals surface area contributed by atoms with Crippen molar-refractivity contribution in [1.29, 1.82) is 0 Å². The third kappa shape index (κ3) is 6.84. The van der Waals surface area contributed by atoms with Gasteiger partial charge in [-0.25, -0.2) is 9.59 Å². The molecule has 6 heteroatoms. The molecule has 0 amide bonds. The van der Waals surface area contributed by atoms with Gasteiger partial charge in [0.2, 0.25) is 0 Å². The van der Waals surface area contributed by atoms with Crippen LogP contribution >= 0.6 is 0 Å². The minimum absolute atomic E-state index is 0.0212. The molecule has 4 aliphatic rings. The van der Waals surface area contributed by atoms with Crippen molar-refractivity contribution in [3.63, 3.8) is 0 Å². The first-order chi connectivity index (χ1) is 20.9. The quantitative estimate of drug-likeness (QED) is 0.157. The third-order valence-electron chi connectivity index (χ3n) is 13.0. The molecule has 4 saturated carbocycles. The molecule has 0 spiro atoms. The topological polar surface area (TPSA) is 105 Å². The van der Waals surface area contributed by atoms with E-state index in [9.17, 15) is 9.59 Å². The van der Waals surface area contributed by atoms with Gasteiger partial charge < -0.3 is 20.9 Å². The van der Waals surface area contributed by atoms with E-state index in [-0.39, 0.29) is 12.7 Å². The number of hydrogen-bond acceptors (Lipinski definition) is 6. The minimum Gasteiger partial charge on any atom is -0.459 e. The van der Waals surface area contributed by atoms with Crippen molar-refractivity contribution in [3.05, 3.63) is 35.9 Å².